The van der Waals surface area contributed by atoms with E-state index in [1.54, 1.807) is 24.3 Å². The van der Waals surface area contributed by atoms with Gasteiger partial charge in [-0.2, -0.15) is 0 Å². The third-order valence-electron chi connectivity index (χ3n) is 3.42. The van der Waals surface area contributed by atoms with Crippen LogP contribution < -0.4 is 10.1 Å². The highest BCUT2D eigenvalue weighted by Gasteiger charge is 2.00. The molecule has 0 saturated heterocycles. The topological polar surface area (TPSA) is 38.3 Å². The van der Waals surface area contributed by atoms with E-state index < -0.39 is 0 Å². The maximum atomic E-state index is 9.75. The largest absolute Gasteiger partial charge is 0.429 e. The lowest BCUT2D eigenvalue weighted by Gasteiger charge is -2.09. The minimum Gasteiger partial charge on any atom is -0.429 e. The number of hydrogen-bond acceptors (Lipinski definition) is 3. The smallest absolute Gasteiger partial charge is 0.298 e. The molecule has 24 heavy (non-hydrogen) atoms. The Morgan fingerprint density at radius 1 is 1.17 bits per heavy atom. The molecule has 0 spiro atoms. The van der Waals surface area contributed by atoms with Crippen LogP contribution in [0.4, 0.5) is 0 Å². The van der Waals surface area contributed by atoms with Gasteiger partial charge in [0.15, 0.2) is 0 Å². The van der Waals surface area contributed by atoms with Gasteiger partial charge in [0.25, 0.3) is 6.47 Å². The molecule has 1 atom stereocenters. The van der Waals surface area contributed by atoms with Gasteiger partial charge >= 0.3 is 0 Å². The van der Waals surface area contributed by atoms with Crippen molar-refractivity contribution < 1.29 is 9.53 Å². The first-order valence-corrected chi connectivity index (χ1v) is 8.73. The highest BCUT2D eigenvalue weighted by atomic mass is 16.5. The first-order valence-electron chi connectivity index (χ1n) is 8.73. The molecule has 0 aliphatic carbocycles. The molecule has 0 aromatic heterocycles. The first-order chi connectivity index (χ1) is 11.5. The summed E-state index contributed by atoms with van der Waals surface area (Å²) in [5.74, 6) is 1.29. The zero-order chi connectivity index (χ0) is 18.8. The van der Waals surface area contributed by atoms with Crippen molar-refractivity contribution >= 4 is 6.47 Å². The van der Waals surface area contributed by atoms with E-state index in [-0.39, 0.29) is 0 Å². The number of allylic oxidation sites excluding steroid dienone is 4. The quantitative estimate of drug-likeness (QED) is 0.511. The molecule has 1 aromatic rings. The van der Waals surface area contributed by atoms with Crippen LogP contribution >= 0.6 is 0 Å². The summed E-state index contributed by atoms with van der Waals surface area (Å²) in [4.78, 5) is 9.75. The SMILES string of the molecule is CC.CCCC(C)/C(C)=C/C=C(\C)NC.O=COc1ccccc1. The highest BCUT2D eigenvalue weighted by molar-refractivity contribution is 5.44. The van der Waals surface area contributed by atoms with E-state index in [0.717, 1.165) is 0 Å². The number of carbonyl (C=O) groups excluding carboxylic acids is 1. The van der Waals surface area contributed by atoms with E-state index in [9.17, 15) is 4.79 Å². The maximum absolute atomic E-state index is 9.75. The molecule has 0 bridgehead atoms. The van der Waals surface area contributed by atoms with Gasteiger partial charge in [-0.25, -0.2) is 0 Å². The van der Waals surface area contributed by atoms with E-state index in [1.165, 1.54) is 24.1 Å². The van der Waals surface area contributed by atoms with Crippen LogP contribution in [0.3, 0.4) is 0 Å². The Labute approximate surface area is 148 Å². The third-order valence-corrected chi connectivity index (χ3v) is 3.42. The molecule has 0 aliphatic heterocycles. The van der Waals surface area contributed by atoms with Crippen molar-refractivity contribution in [1.82, 2.24) is 5.32 Å². The number of para-hydroxylation sites is 1. The molecule has 1 rings (SSSR count). The van der Waals surface area contributed by atoms with Crippen LogP contribution in [0.1, 0.15) is 54.4 Å². The van der Waals surface area contributed by atoms with Crippen molar-refractivity contribution in [1.29, 1.82) is 0 Å². The highest BCUT2D eigenvalue weighted by Crippen LogP contribution is 2.15. The van der Waals surface area contributed by atoms with Gasteiger partial charge in [0.1, 0.15) is 5.75 Å². The Morgan fingerprint density at radius 3 is 2.21 bits per heavy atom. The number of ether oxygens (including phenoxy) is 1. The van der Waals surface area contributed by atoms with Gasteiger partial charge in [0.2, 0.25) is 0 Å². The number of hydrogen-bond donors (Lipinski definition) is 1. The molecule has 1 unspecified atom stereocenters. The molecule has 0 aliphatic rings. The van der Waals surface area contributed by atoms with E-state index in [0.29, 0.717) is 18.1 Å². The fourth-order valence-corrected chi connectivity index (χ4v) is 1.72. The molecule has 0 fully saturated rings. The lowest BCUT2D eigenvalue weighted by atomic mass is 9.97. The van der Waals surface area contributed by atoms with Crippen molar-refractivity contribution in [2.24, 2.45) is 5.92 Å². The zero-order valence-electron chi connectivity index (χ0n) is 16.4. The fourth-order valence-electron chi connectivity index (χ4n) is 1.72. The van der Waals surface area contributed by atoms with E-state index in [2.05, 4.69) is 49.9 Å². The molecule has 3 heteroatoms. The van der Waals surface area contributed by atoms with Gasteiger partial charge in [-0.15, -0.1) is 0 Å². The molecule has 1 aromatic carbocycles. The summed E-state index contributed by atoms with van der Waals surface area (Å²) in [6, 6.07) is 8.90. The minimum absolute atomic E-state index is 0.412. The molecule has 1 N–H and O–H groups in total. The van der Waals surface area contributed by atoms with Gasteiger partial charge in [-0.3, -0.25) is 4.79 Å². The summed E-state index contributed by atoms with van der Waals surface area (Å²) in [6.07, 6.45) is 6.91. The normalized spacial score (nSPS) is 12.0. The van der Waals surface area contributed by atoms with Crippen molar-refractivity contribution in [3.63, 3.8) is 0 Å². The van der Waals surface area contributed by atoms with Crippen molar-refractivity contribution in [3.05, 3.63) is 53.8 Å². The summed E-state index contributed by atoms with van der Waals surface area (Å²) in [7, 11) is 1.95. The van der Waals surface area contributed by atoms with Crippen molar-refractivity contribution in [2.45, 2.75) is 54.4 Å². The van der Waals surface area contributed by atoms with Gasteiger partial charge < -0.3 is 10.1 Å². The van der Waals surface area contributed by atoms with Gasteiger partial charge in [0, 0.05) is 12.7 Å². The van der Waals surface area contributed by atoms with Crippen LogP contribution in [-0.4, -0.2) is 13.5 Å². The van der Waals surface area contributed by atoms with Crippen molar-refractivity contribution in [3.8, 4) is 5.75 Å². The lowest BCUT2D eigenvalue weighted by Crippen LogP contribution is -2.01. The minimum atomic E-state index is 0.412. The number of nitrogens with one attached hydrogen (secondary N) is 1. The van der Waals surface area contributed by atoms with E-state index in [4.69, 9.17) is 0 Å². The van der Waals surface area contributed by atoms with Gasteiger partial charge in [0.05, 0.1) is 0 Å². The Kier molecular flexibility index (Phi) is 17.5. The Balaban J connectivity index is 0. The maximum Gasteiger partial charge on any atom is 0.298 e. The monoisotopic (exact) mass is 333 g/mol. The number of rotatable bonds is 7. The van der Waals surface area contributed by atoms with Crippen LogP contribution in [0.15, 0.2) is 53.8 Å². The molecular formula is C21H35NO2. The van der Waals surface area contributed by atoms with E-state index >= 15 is 0 Å². The molecular weight excluding hydrogens is 298 g/mol. The second-order valence-corrected chi connectivity index (χ2v) is 5.23. The molecule has 136 valence electrons. The zero-order valence-corrected chi connectivity index (χ0v) is 16.4. The molecule has 0 radical (unpaired) electrons. The van der Waals surface area contributed by atoms with Gasteiger partial charge in [-0.05, 0) is 44.4 Å². The predicted octanol–water partition coefficient (Wildman–Crippen LogP) is 5.74. The Morgan fingerprint density at radius 2 is 1.75 bits per heavy atom. The summed E-state index contributed by atoms with van der Waals surface area (Å²) in [6.45, 7) is 13.2. The summed E-state index contributed by atoms with van der Waals surface area (Å²) in [5.41, 5.74) is 2.68. The first kappa shape index (κ1) is 24.2. The number of carbonyl (C=O) groups is 1. The van der Waals surface area contributed by atoms with Crippen LogP contribution in [0.2, 0.25) is 0 Å². The second-order valence-electron chi connectivity index (χ2n) is 5.23. The third kappa shape index (κ3) is 13.6. The fraction of sp³-hybridized carbons (Fsp3) is 0.476. The van der Waals surface area contributed by atoms with E-state index in [1.807, 2.05) is 27.0 Å². The average molecular weight is 334 g/mol. The van der Waals surface area contributed by atoms with Crippen LogP contribution in [0.25, 0.3) is 0 Å². The lowest BCUT2D eigenvalue weighted by molar-refractivity contribution is -0.120. The summed E-state index contributed by atoms with van der Waals surface area (Å²) < 4.78 is 4.53. The van der Waals surface area contributed by atoms with Crippen LogP contribution in [0.5, 0.6) is 5.75 Å². The van der Waals surface area contributed by atoms with Gasteiger partial charge in [-0.1, -0.05) is 64.0 Å². The van der Waals surface area contributed by atoms with Crippen LogP contribution in [-0.2, 0) is 4.79 Å². The average Bonchev–Trinajstić information content (AvgIpc) is 2.63. The number of benzene rings is 1. The molecule has 3 nitrogen and oxygen atoms in total. The van der Waals surface area contributed by atoms with Crippen LogP contribution in [0, 0.1) is 5.92 Å². The predicted molar refractivity (Wildman–Crippen MR) is 105 cm³/mol. The van der Waals surface area contributed by atoms with Crippen molar-refractivity contribution in [2.75, 3.05) is 7.05 Å². The second kappa shape index (κ2) is 17.3. The molecule has 0 heterocycles. The molecule has 0 amide bonds. The summed E-state index contributed by atoms with van der Waals surface area (Å²) >= 11 is 0. The Hall–Kier alpha value is -2.03. The standard InChI is InChI=1S/C12H23N.C7H6O2.C2H6/c1-6-7-10(2)11(3)8-9-12(4)13-5;8-6-9-7-4-2-1-3-5-7;1-2/h8-10,13H,6-7H2,1-5H3;1-6H;1-2H3/b11-8+,12-9+;;. The summed E-state index contributed by atoms with van der Waals surface area (Å²) in [5, 5.41) is 3.11. The Bertz CT molecular complexity index is 464. The molecule has 0 saturated carbocycles.